The van der Waals surface area contributed by atoms with Crippen molar-refractivity contribution in [2.75, 3.05) is 0 Å². The van der Waals surface area contributed by atoms with Crippen LogP contribution in [0.5, 0.6) is 0 Å². The van der Waals surface area contributed by atoms with Gasteiger partial charge >= 0.3 is 5.69 Å². The van der Waals surface area contributed by atoms with Gasteiger partial charge in [-0.15, -0.1) is 0 Å². The van der Waals surface area contributed by atoms with Crippen molar-refractivity contribution in [3.05, 3.63) is 61.6 Å². The molecule has 2 aromatic rings. The summed E-state index contributed by atoms with van der Waals surface area (Å²) in [6, 6.07) is 4.92. The fourth-order valence-electron chi connectivity index (χ4n) is 2.14. The Morgan fingerprint density at radius 2 is 1.95 bits per heavy atom. The molecule has 0 fully saturated rings. The molecular weight excluding hydrogens is 278 g/mol. The van der Waals surface area contributed by atoms with Gasteiger partial charge in [-0.25, -0.2) is 4.79 Å². The number of hydrogen-bond donors (Lipinski definition) is 1. The number of aromatic amines is 1. The van der Waals surface area contributed by atoms with Crippen molar-refractivity contribution in [2.45, 2.75) is 32.7 Å². The third kappa shape index (κ3) is 2.54. The summed E-state index contributed by atoms with van der Waals surface area (Å²) < 4.78 is 1.16. The second-order valence-electron chi connectivity index (χ2n) is 4.92. The Kier molecular flexibility index (Phi) is 4.09. The third-order valence-electron chi connectivity index (χ3n) is 3.20. The molecule has 20 heavy (non-hydrogen) atoms. The monoisotopic (exact) mass is 293 g/mol. The highest BCUT2D eigenvalue weighted by molar-refractivity contribution is 6.30. The lowest BCUT2D eigenvalue weighted by molar-refractivity contribution is 0.554. The van der Waals surface area contributed by atoms with Crippen LogP contribution in [-0.2, 0) is 0 Å². The third-order valence-corrected chi connectivity index (χ3v) is 3.50. The highest BCUT2D eigenvalue weighted by atomic mass is 35.5. The fraction of sp³-hybridized carbons (Fsp3) is 0.357. The minimum Gasteiger partial charge on any atom is -0.297 e. The molecular formula is C14H16ClN3O2. The van der Waals surface area contributed by atoms with Crippen LogP contribution in [0.1, 0.15) is 44.0 Å². The van der Waals surface area contributed by atoms with Crippen LogP contribution < -0.4 is 11.2 Å². The summed E-state index contributed by atoms with van der Waals surface area (Å²) >= 11 is 5.97. The molecule has 0 spiro atoms. The smallest absolute Gasteiger partial charge is 0.297 e. The molecule has 1 atom stereocenters. The first kappa shape index (κ1) is 14.5. The Balaban J connectivity index is 2.67. The molecule has 5 nitrogen and oxygen atoms in total. The molecule has 1 unspecified atom stereocenters. The second-order valence-corrected chi connectivity index (χ2v) is 5.30. The fourth-order valence-corrected chi connectivity index (χ4v) is 2.52. The Labute approximate surface area is 121 Å². The largest absolute Gasteiger partial charge is 0.330 e. The number of halogens is 1. The number of H-pyrrole nitrogens is 1. The van der Waals surface area contributed by atoms with Crippen LogP contribution in [0, 0.1) is 0 Å². The molecule has 0 bridgehead atoms. The lowest BCUT2D eigenvalue weighted by Gasteiger charge is -2.16. The van der Waals surface area contributed by atoms with E-state index in [-0.39, 0.29) is 16.6 Å². The quantitative estimate of drug-likeness (QED) is 0.883. The Morgan fingerprint density at radius 3 is 2.50 bits per heavy atom. The van der Waals surface area contributed by atoms with Gasteiger partial charge in [-0.1, -0.05) is 31.5 Å². The zero-order valence-electron chi connectivity index (χ0n) is 11.6. The molecule has 2 aromatic heterocycles. The first-order valence-electron chi connectivity index (χ1n) is 6.38. The molecule has 106 valence electrons. The van der Waals surface area contributed by atoms with Crippen LogP contribution in [0.3, 0.4) is 0 Å². The minimum atomic E-state index is -0.525. The SMILES string of the molecule is CC(C)c1c(Cl)[nH]c(=O)n(C(C)c2ccccn2)c1=O. The molecule has 0 radical (unpaired) electrons. The molecule has 2 heterocycles. The number of nitrogens with zero attached hydrogens (tertiary/aromatic N) is 2. The van der Waals surface area contributed by atoms with Gasteiger partial charge in [0.05, 0.1) is 17.3 Å². The van der Waals surface area contributed by atoms with Crippen molar-refractivity contribution in [3.8, 4) is 0 Å². The normalized spacial score (nSPS) is 12.7. The lowest BCUT2D eigenvalue weighted by atomic mass is 10.1. The van der Waals surface area contributed by atoms with Crippen LogP contribution in [0.15, 0.2) is 34.0 Å². The summed E-state index contributed by atoms with van der Waals surface area (Å²) in [6.07, 6.45) is 1.63. The average Bonchev–Trinajstić information content (AvgIpc) is 2.38. The van der Waals surface area contributed by atoms with Gasteiger partial charge in [0.2, 0.25) is 0 Å². The van der Waals surface area contributed by atoms with Gasteiger partial charge < -0.3 is 0 Å². The van der Waals surface area contributed by atoms with Gasteiger partial charge in [-0.3, -0.25) is 19.3 Å². The van der Waals surface area contributed by atoms with Crippen molar-refractivity contribution in [2.24, 2.45) is 0 Å². The second kappa shape index (κ2) is 5.63. The van der Waals surface area contributed by atoms with Gasteiger partial charge in [0.1, 0.15) is 5.15 Å². The number of rotatable bonds is 3. The van der Waals surface area contributed by atoms with Gasteiger partial charge in [-0.2, -0.15) is 0 Å². The summed E-state index contributed by atoms with van der Waals surface area (Å²) in [7, 11) is 0. The standard InChI is InChI=1S/C14H16ClN3O2/c1-8(2)11-12(15)17-14(20)18(13(11)19)9(3)10-6-4-5-7-16-10/h4-9H,1-3H3,(H,17,20). The van der Waals surface area contributed by atoms with Crippen LogP contribution in [-0.4, -0.2) is 14.5 Å². The van der Waals surface area contributed by atoms with E-state index in [4.69, 9.17) is 11.6 Å². The summed E-state index contributed by atoms with van der Waals surface area (Å²) in [5.41, 5.74) is 0.167. The molecule has 2 rings (SSSR count). The molecule has 0 saturated heterocycles. The maximum atomic E-state index is 12.5. The molecule has 0 aliphatic carbocycles. The van der Waals surface area contributed by atoms with Crippen molar-refractivity contribution in [1.29, 1.82) is 0 Å². The van der Waals surface area contributed by atoms with E-state index in [0.29, 0.717) is 11.3 Å². The van der Waals surface area contributed by atoms with Crippen LogP contribution >= 0.6 is 11.6 Å². The molecule has 0 aliphatic heterocycles. The van der Waals surface area contributed by atoms with Gasteiger partial charge in [0.15, 0.2) is 0 Å². The van der Waals surface area contributed by atoms with Crippen molar-refractivity contribution < 1.29 is 0 Å². The Bertz CT molecular complexity index is 719. The highest BCUT2D eigenvalue weighted by Gasteiger charge is 2.20. The van der Waals surface area contributed by atoms with Crippen molar-refractivity contribution >= 4 is 11.6 Å². The van der Waals surface area contributed by atoms with Crippen LogP contribution in [0.25, 0.3) is 0 Å². The average molecular weight is 294 g/mol. The topological polar surface area (TPSA) is 67.8 Å². The van der Waals surface area contributed by atoms with E-state index in [2.05, 4.69) is 9.97 Å². The van der Waals surface area contributed by atoms with Gasteiger partial charge in [0, 0.05) is 6.20 Å². The van der Waals surface area contributed by atoms with E-state index in [9.17, 15) is 9.59 Å². The van der Waals surface area contributed by atoms with Crippen molar-refractivity contribution in [1.82, 2.24) is 14.5 Å². The van der Waals surface area contributed by atoms with Crippen LogP contribution in [0.4, 0.5) is 0 Å². The highest BCUT2D eigenvalue weighted by Crippen LogP contribution is 2.18. The molecule has 0 aromatic carbocycles. The number of pyridine rings is 1. The van der Waals surface area contributed by atoms with E-state index in [1.807, 2.05) is 19.9 Å². The van der Waals surface area contributed by atoms with E-state index < -0.39 is 11.7 Å². The number of aromatic nitrogens is 3. The Morgan fingerprint density at radius 1 is 1.25 bits per heavy atom. The lowest BCUT2D eigenvalue weighted by Crippen LogP contribution is -2.40. The van der Waals surface area contributed by atoms with E-state index >= 15 is 0 Å². The number of hydrogen-bond acceptors (Lipinski definition) is 3. The van der Waals surface area contributed by atoms with Gasteiger partial charge in [0.25, 0.3) is 5.56 Å². The first-order chi connectivity index (χ1) is 9.43. The maximum Gasteiger partial charge on any atom is 0.330 e. The molecule has 0 amide bonds. The number of nitrogens with one attached hydrogen (secondary N) is 1. The predicted molar refractivity (Wildman–Crippen MR) is 78.5 cm³/mol. The summed E-state index contributed by atoms with van der Waals surface area (Å²) in [6.45, 7) is 5.48. The summed E-state index contributed by atoms with van der Waals surface area (Å²) in [5, 5.41) is 0.111. The first-order valence-corrected chi connectivity index (χ1v) is 6.76. The zero-order chi connectivity index (χ0) is 14.9. The van der Waals surface area contributed by atoms with E-state index in [1.165, 1.54) is 0 Å². The minimum absolute atomic E-state index is 0.0750. The van der Waals surface area contributed by atoms with Gasteiger partial charge in [-0.05, 0) is 25.0 Å². The predicted octanol–water partition coefficient (Wildman–Crippen LogP) is 2.32. The Hall–Kier alpha value is -1.88. The van der Waals surface area contributed by atoms with Crippen LogP contribution in [0.2, 0.25) is 5.15 Å². The maximum absolute atomic E-state index is 12.5. The molecule has 1 N–H and O–H groups in total. The molecule has 0 aliphatic rings. The zero-order valence-corrected chi connectivity index (χ0v) is 12.3. The van der Waals surface area contributed by atoms with Crippen molar-refractivity contribution in [3.63, 3.8) is 0 Å². The molecule has 6 heteroatoms. The molecule has 0 saturated carbocycles. The van der Waals surface area contributed by atoms with E-state index in [0.717, 1.165) is 4.57 Å². The summed E-state index contributed by atoms with van der Waals surface area (Å²) in [5.74, 6) is -0.0750. The summed E-state index contributed by atoms with van der Waals surface area (Å²) in [4.78, 5) is 31.3. The van der Waals surface area contributed by atoms with E-state index in [1.54, 1.807) is 25.3 Å².